The van der Waals surface area contributed by atoms with Crippen LogP contribution in [0.2, 0.25) is 18.1 Å². The fraction of sp³-hybridized carbons (Fsp3) is 0.833. The van der Waals surface area contributed by atoms with E-state index < -0.39 is 14.4 Å². The summed E-state index contributed by atoms with van der Waals surface area (Å²) in [5, 5.41) is 0.102. The van der Waals surface area contributed by atoms with Gasteiger partial charge in [0.15, 0.2) is 20.7 Å². The minimum atomic E-state index is -1.89. The fourth-order valence-corrected chi connectivity index (χ4v) is 2.93. The Kier molecular flexibility index (Phi) is 4.14. The van der Waals surface area contributed by atoms with Crippen molar-refractivity contribution < 1.29 is 18.8 Å². The highest BCUT2D eigenvalue weighted by atomic mass is 28.4. The molecule has 0 aromatic heterocycles. The number of ether oxygens (including phenoxy) is 1. The minimum absolute atomic E-state index is 0.102. The third-order valence-electron chi connectivity index (χ3n) is 3.59. The first-order valence-corrected chi connectivity index (χ1v) is 8.89. The van der Waals surface area contributed by atoms with E-state index in [0.29, 0.717) is 12.7 Å². The molecular formula is C12H22O4Si. The third kappa shape index (κ3) is 3.64. The maximum Gasteiger partial charge on any atom is 0.309 e. The number of hydrogen-bond acceptors (Lipinski definition) is 4. The van der Waals surface area contributed by atoms with Crippen molar-refractivity contribution in [3.63, 3.8) is 0 Å². The van der Waals surface area contributed by atoms with E-state index in [-0.39, 0.29) is 23.5 Å². The first kappa shape index (κ1) is 14.4. The molecule has 0 N–H and O–H groups in total. The molecule has 1 aliphatic heterocycles. The van der Waals surface area contributed by atoms with Crippen molar-refractivity contribution in [1.82, 2.24) is 0 Å². The molecular weight excluding hydrogens is 236 g/mol. The largest absolute Gasteiger partial charge is 0.454 e. The van der Waals surface area contributed by atoms with Crippen LogP contribution in [0.1, 0.15) is 33.6 Å². The summed E-state index contributed by atoms with van der Waals surface area (Å²) in [7, 11) is -1.89. The Bertz CT molecular complexity index is 306. The summed E-state index contributed by atoms with van der Waals surface area (Å²) in [6.07, 6.45) is 0.621. The second kappa shape index (κ2) is 4.90. The second-order valence-electron chi connectivity index (χ2n) is 6.10. The van der Waals surface area contributed by atoms with Crippen molar-refractivity contribution in [2.75, 3.05) is 0 Å². The molecule has 0 spiro atoms. The van der Waals surface area contributed by atoms with Gasteiger partial charge >= 0.3 is 5.97 Å². The van der Waals surface area contributed by atoms with Gasteiger partial charge in [-0.1, -0.05) is 20.8 Å². The highest BCUT2D eigenvalue weighted by Crippen LogP contribution is 2.38. The highest BCUT2D eigenvalue weighted by Gasteiger charge is 2.41. The van der Waals surface area contributed by atoms with Gasteiger partial charge in [-0.3, -0.25) is 9.59 Å². The maximum absolute atomic E-state index is 11.3. The van der Waals surface area contributed by atoms with Crippen LogP contribution < -0.4 is 0 Å². The van der Waals surface area contributed by atoms with E-state index in [9.17, 15) is 9.59 Å². The van der Waals surface area contributed by atoms with Gasteiger partial charge < -0.3 is 9.16 Å². The zero-order valence-corrected chi connectivity index (χ0v) is 12.3. The maximum atomic E-state index is 11.3. The molecule has 1 fully saturated rings. The van der Waals surface area contributed by atoms with Crippen molar-refractivity contribution >= 4 is 20.6 Å². The lowest BCUT2D eigenvalue weighted by atomic mass is 10.1. The minimum Gasteiger partial charge on any atom is -0.454 e. The molecule has 0 radical (unpaired) electrons. The molecule has 2 atom stereocenters. The standard InChI is InChI=1S/C12H22O4Si/c1-12(2,3)17(4,5)16-9-6-10(8-13)15-11(14)7-9/h8-10H,6-7H2,1-5H3/t9-,10+/m1/s1. The predicted octanol–water partition coefficient (Wildman–Crippen LogP) is 2.28. The van der Waals surface area contributed by atoms with Crippen molar-refractivity contribution in [2.24, 2.45) is 0 Å². The SMILES string of the molecule is CC(C)(C)[Si](C)(C)O[C@H]1CC(=O)O[C@H](C=O)C1. The molecule has 5 heteroatoms. The summed E-state index contributed by atoms with van der Waals surface area (Å²) in [5.74, 6) is -0.336. The Morgan fingerprint density at radius 1 is 1.41 bits per heavy atom. The van der Waals surface area contributed by atoms with Gasteiger partial charge in [0.2, 0.25) is 0 Å². The number of cyclic esters (lactones) is 1. The number of carbonyl (C=O) groups excluding carboxylic acids is 2. The van der Waals surface area contributed by atoms with Crippen LogP contribution in [0.3, 0.4) is 0 Å². The van der Waals surface area contributed by atoms with E-state index in [1.807, 2.05) is 0 Å². The molecule has 1 aliphatic rings. The molecule has 0 aromatic carbocycles. The Morgan fingerprint density at radius 3 is 2.47 bits per heavy atom. The molecule has 0 unspecified atom stereocenters. The quantitative estimate of drug-likeness (QED) is 0.443. The van der Waals surface area contributed by atoms with Crippen LogP contribution in [-0.2, 0) is 18.8 Å². The lowest BCUT2D eigenvalue weighted by Gasteiger charge is -2.40. The van der Waals surface area contributed by atoms with Crippen LogP contribution >= 0.6 is 0 Å². The fourth-order valence-electron chi connectivity index (χ4n) is 1.56. The van der Waals surface area contributed by atoms with Gasteiger partial charge in [0.25, 0.3) is 0 Å². The van der Waals surface area contributed by atoms with Crippen molar-refractivity contribution in [1.29, 1.82) is 0 Å². The van der Waals surface area contributed by atoms with Gasteiger partial charge in [-0.05, 0) is 18.1 Å². The normalized spacial score (nSPS) is 26.5. The summed E-state index contributed by atoms with van der Waals surface area (Å²) >= 11 is 0. The molecule has 1 heterocycles. The number of esters is 1. The molecule has 0 saturated carbocycles. The van der Waals surface area contributed by atoms with Crippen LogP contribution in [0, 0.1) is 0 Å². The monoisotopic (exact) mass is 258 g/mol. The molecule has 1 rings (SSSR count). The molecule has 0 aliphatic carbocycles. The average molecular weight is 258 g/mol. The zero-order valence-electron chi connectivity index (χ0n) is 11.3. The van der Waals surface area contributed by atoms with E-state index in [4.69, 9.17) is 9.16 Å². The highest BCUT2D eigenvalue weighted by molar-refractivity contribution is 6.74. The lowest BCUT2D eigenvalue weighted by molar-refractivity contribution is -0.161. The summed E-state index contributed by atoms with van der Waals surface area (Å²) < 4.78 is 11.0. The van der Waals surface area contributed by atoms with Gasteiger partial charge in [0, 0.05) is 6.42 Å². The van der Waals surface area contributed by atoms with E-state index in [0.717, 1.165) is 0 Å². The molecule has 0 aromatic rings. The molecule has 98 valence electrons. The smallest absolute Gasteiger partial charge is 0.309 e. The van der Waals surface area contributed by atoms with Crippen molar-refractivity contribution in [3.05, 3.63) is 0 Å². The number of hydrogen-bond donors (Lipinski definition) is 0. The van der Waals surface area contributed by atoms with Crippen LogP contribution in [-0.4, -0.2) is 32.8 Å². The summed E-state index contributed by atoms with van der Waals surface area (Å²) in [4.78, 5) is 22.0. The van der Waals surface area contributed by atoms with Gasteiger partial charge in [0.05, 0.1) is 12.5 Å². The Balaban J connectivity index is 2.68. The van der Waals surface area contributed by atoms with Crippen LogP contribution in [0.15, 0.2) is 0 Å². The lowest BCUT2D eigenvalue weighted by Crippen LogP contribution is -2.47. The zero-order chi connectivity index (χ0) is 13.3. The van der Waals surface area contributed by atoms with Gasteiger partial charge in [0.1, 0.15) is 0 Å². The Morgan fingerprint density at radius 2 is 2.00 bits per heavy atom. The summed E-state index contributed by atoms with van der Waals surface area (Å²) in [5.41, 5.74) is 0. The summed E-state index contributed by atoms with van der Waals surface area (Å²) in [6.45, 7) is 10.7. The van der Waals surface area contributed by atoms with Crippen LogP contribution in [0.25, 0.3) is 0 Å². The first-order valence-electron chi connectivity index (χ1n) is 5.98. The summed E-state index contributed by atoms with van der Waals surface area (Å²) in [6, 6.07) is 0. The predicted molar refractivity (Wildman–Crippen MR) is 67.2 cm³/mol. The van der Waals surface area contributed by atoms with Crippen molar-refractivity contribution in [2.45, 2.75) is 64.0 Å². The topological polar surface area (TPSA) is 52.6 Å². The Hall–Kier alpha value is -0.683. The molecule has 17 heavy (non-hydrogen) atoms. The van der Waals surface area contributed by atoms with Crippen LogP contribution in [0.5, 0.6) is 0 Å². The number of rotatable bonds is 3. The van der Waals surface area contributed by atoms with Gasteiger partial charge in [-0.25, -0.2) is 0 Å². The molecule has 1 saturated heterocycles. The first-order chi connectivity index (χ1) is 7.65. The second-order valence-corrected chi connectivity index (χ2v) is 10.9. The van der Waals surface area contributed by atoms with E-state index >= 15 is 0 Å². The van der Waals surface area contributed by atoms with E-state index in [1.54, 1.807) is 0 Å². The molecule has 0 bridgehead atoms. The molecule has 0 amide bonds. The third-order valence-corrected chi connectivity index (χ3v) is 8.13. The van der Waals surface area contributed by atoms with Gasteiger partial charge in [-0.15, -0.1) is 0 Å². The Labute approximate surface area is 104 Å². The van der Waals surface area contributed by atoms with Crippen molar-refractivity contribution in [3.8, 4) is 0 Å². The van der Waals surface area contributed by atoms with Crippen LogP contribution in [0.4, 0.5) is 0 Å². The molecule has 4 nitrogen and oxygen atoms in total. The van der Waals surface area contributed by atoms with Gasteiger partial charge in [-0.2, -0.15) is 0 Å². The average Bonchev–Trinajstić information content (AvgIpc) is 2.14. The van der Waals surface area contributed by atoms with E-state index in [2.05, 4.69) is 33.9 Å². The number of aldehydes is 1. The van der Waals surface area contributed by atoms with E-state index in [1.165, 1.54) is 0 Å². The number of carbonyl (C=O) groups is 2.